The molecular formula is C11H17N3O. The van der Waals surface area contributed by atoms with Crippen molar-refractivity contribution in [1.29, 1.82) is 0 Å². The normalized spacial score (nSPS) is 30.4. The number of aromatic nitrogens is 1. The summed E-state index contributed by atoms with van der Waals surface area (Å²) in [6, 6.07) is 1.89. The Labute approximate surface area is 89.8 Å². The van der Waals surface area contributed by atoms with E-state index in [1.807, 2.05) is 6.07 Å². The number of nitrogens with zero attached hydrogens (tertiary/aromatic N) is 1. The Kier molecular flexibility index (Phi) is 2.52. The van der Waals surface area contributed by atoms with E-state index < -0.39 is 0 Å². The van der Waals surface area contributed by atoms with Gasteiger partial charge in [-0.1, -0.05) is 0 Å². The second-order valence-electron chi connectivity index (χ2n) is 4.31. The number of hydrogen-bond acceptors (Lipinski definition) is 4. The Morgan fingerprint density at radius 1 is 1.60 bits per heavy atom. The van der Waals surface area contributed by atoms with Gasteiger partial charge in [0.2, 0.25) is 0 Å². The van der Waals surface area contributed by atoms with Crippen molar-refractivity contribution < 1.29 is 4.74 Å². The molecule has 1 aromatic rings. The second kappa shape index (κ2) is 3.70. The average Bonchev–Trinajstić information content (AvgIpc) is 2.47. The van der Waals surface area contributed by atoms with Crippen molar-refractivity contribution in [1.82, 2.24) is 4.98 Å². The van der Waals surface area contributed by atoms with Crippen LogP contribution in [0.2, 0.25) is 0 Å². The van der Waals surface area contributed by atoms with Crippen molar-refractivity contribution in [3.05, 3.63) is 18.5 Å². The number of hydrogen-bond donors (Lipinski definition) is 2. The molecule has 1 aromatic heterocycles. The van der Waals surface area contributed by atoms with Crippen LogP contribution >= 0.6 is 0 Å². The van der Waals surface area contributed by atoms with Crippen LogP contribution < -0.4 is 11.1 Å². The SMILES string of the molecule is CC1OCCC1(C)Nc1cncc(N)c1. The lowest BCUT2D eigenvalue weighted by atomic mass is 9.94. The molecule has 1 aliphatic heterocycles. The van der Waals surface area contributed by atoms with Crippen LogP contribution in [0.15, 0.2) is 18.5 Å². The Balaban J connectivity index is 2.14. The first-order valence-corrected chi connectivity index (χ1v) is 5.20. The van der Waals surface area contributed by atoms with Crippen LogP contribution in [0.1, 0.15) is 20.3 Å². The molecule has 0 spiro atoms. The number of nitrogens with one attached hydrogen (secondary N) is 1. The van der Waals surface area contributed by atoms with Crippen molar-refractivity contribution in [3.8, 4) is 0 Å². The van der Waals surface area contributed by atoms with E-state index in [9.17, 15) is 0 Å². The maximum atomic E-state index is 5.68. The van der Waals surface area contributed by atoms with Gasteiger partial charge in [-0.25, -0.2) is 0 Å². The molecule has 1 fully saturated rings. The molecular weight excluding hydrogens is 190 g/mol. The first-order chi connectivity index (χ1) is 7.10. The monoisotopic (exact) mass is 207 g/mol. The third-order valence-corrected chi connectivity index (χ3v) is 3.08. The summed E-state index contributed by atoms with van der Waals surface area (Å²) in [5, 5.41) is 3.44. The molecule has 0 aromatic carbocycles. The van der Waals surface area contributed by atoms with Gasteiger partial charge in [0.1, 0.15) is 0 Å². The van der Waals surface area contributed by atoms with Crippen LogP contribution in [-0.4, -0.2) is 23.2 Å². The Morgan fingerprint density at radius 3 is 3.00 bits per heavy atom. The molecule has 4 nitrogen and oxygen atoms in total. The van der Waals surface area contributed by atoms with Gasteiger partial charge in [-0.2, -0.15) is 0 Å². The van der Waals surface area contributed by atoms with E-state index in [0.717, 1.165) is 18.7 Å². The van der Waals surface area contributed by atoms with E-state index in [4.69, 9.17) is 10.5 Å². The zero-order valence-corrected chi connectivity index (χ0v) is 9.16. The van der Waals surface area contributed by atoms with Crippen LogP contribution in [0.4, 0.5) is 11.4 Å². The molecule has 4 heteroatoms. The van der Waals surface area contributed by atoms with Crippen LogP contribution in [0, 0.1) is 0 Å². The average molecular weight is 207 g/mol. The molecule has 2 atom stereocenters. The fourth-order valence-corrected chi connectivity index (χ4v) is 1.85. The number of anilines is 2. The lowest BCUT2D eigenvalue weighted by Gasteiger charge is -2.30. The second-order valence-corrected chi connectivity index (χ2v) is 4.31. The number of ether oxygens (including phenoxy) is 1. The van der Waals surface area contributed by atoms with E-state index in [2.05, 4.69) is 24.1 Å². The minimum atomic E-state index is -0.0184. The van der Waals surface area contributed by atoms with Gasteiger partial charge in [-0.15, -0.1) is 0 Å². The minimum absolute atomic E-state index is 0.0184. The quantitative estimate of drug-likeness (QED) is 0.774. The third kappa shape index (κ3) is 2.04. The summed E-state index contributed by atoms with van der Waals surface area (Å²) >= 11 is 0. The molecule has 15 heavy (non-hydrogen) atoms. The van der Waals surface area contributed by atoms with Gasteiger partial charge in [0.25, 0.3) is 0 Å². The van der Waals surface area contributed by atoms with Crippen LogP contribution in [-0.2, 0) is 4.74 Å². The highest BCUT2D eigenvalue weighted by molar-refractivity contribution is 5.52. The maximum absolute atomic E-state index is 5.68. The standard InChI is InChI=1S/C11H17N3O/c1-8-11(2,3-4-15-8)14-10-5-9(12)6-13-7-10/h5-8,14H,3-4,12H2,1-2H3. The summed E-state index contributed by atoms with van der Waals surface area (Å²) in [6.45, 7) is 5.05. The molecule has 1 saturated heterocycles. The van der Waals surface area contributed by atoms with Gasteiger partial charge in [-0.3, -0.25) is 4.98 Å². The summed E-state index contributed by atoms with van der Waals surface area (Å²) in [4.78, 5) is 4.05. The summed E-state index contributed by atoms with van der Waals surface area (Å²) in [7, 11) is 0. The van der Waals surface area contributed by atoms with Crippen molar-refractivity contribution in [3.63, 3.8) is 0 Å². The largest absolute Gasteiger partial charge is 0.397 e. The van der Waals surface area contributed by atoms with Crippen molar-refractivity contribution >= 4 is 11.4 Å². The lowest BCUT2D eigenvalue weighted by molar-refractivity contribution is 0.105. The highest BCUT2D eigenvalue weighted by Crippen LogP contribution is 2.29. The van der Waals surface area contributed by atoms with Crippen molar-refractivity contribution in [2.24, 2.45) is 0 Å². The molecule has 0 radical (unpaired) electrons. The molecule has 2 unspecified atom stereocenters. The molecule has 2 rings (SSSR count). The smallest absolute Gasteiger partial charge is 0.0774 e. The maximum Gasteiger partial charge on any atom is 0.0774 e. The molecule has 1 aliphatic rings. The fraction of sp³-hybridized carbons (Fsp3) is 0.545. The fourth-order valence-electron chi connectivity index (χ4n) is 1.85. The Morgan fingerprint density at radius 2 is 2.40 bits per heavy atom. The topological polar surface area (TPSA) is 60.2 Å². The van der Waals surface area contributed by atoms with Crippen LogP contribution in [0.25, 0.3) is 0 Å². The van der Waals surface area contributed by atoms with Gasteiger partial charge in [-0.05, 0) is 26.3 Å². The molecule has 0 amide bonds. The van der Waals surface area contributed by atoms with Gasteiger partial charge < -0.3 is 15.8 Å². The van der Waals surface area contributed by atoms with E-state index in [1.54, 1.807) is 12.4 Å². The number of nitrogen functional groups attached to an aromatic ring is 1. The Hall–Kier alpha value is -1.29. The highest BCUT2D eigenvalue weighted by atomic mass is 16.5. The highest BCUT2D eigenvalue weighted by Gasteiger charge is 2.36. The first kappa shape index (κ1) is 10.2. The van der Waals surface area contributed by atoms with Crippen molar-refractivity contribution in [2.75, 3.05) is 17.7 Å². The van der Waals surface area contributed by atoms with Crippen LogP contribution in [0.3, 0.4) is 0 Å². The van der Waals surface area contributed by atoms with Gasteiger partial charge in [0.15, 0.2) is 0 Å². The van der Waals surface area contributed by atoms with E-state index in [1.165, 1.54) is 0 Å². The molecule has 3 N–H and O–H groups in total. The molecule has 0 bridgehead atoms. The summed E-state index contributed by atoms with van der Waals surface area (Å²) < 4.78 is 5.56. The summed E-state index contributed by atoms with van der Waals surface area (Å²) in [5.41, 5.74) is 7.29. The third-order valence-electron chi connectivity index (χ3n) is 3.08. The lowest BCUT2D eigenvalue weighted by Crippen LogP contribution is -2.41. The number of pyridine rings is 1. The van der Waals surface area contributed by atoms with Crippen molar-refractivity contribution in [2.45, 2.75) is 31.9 Å². The first-order valence-electron chi connectivity index (χ1n) is 5.20. The summed E-state index contributed by atoms with van der Waals surface area (Å²) in [5.74, 6) is 0. The predicted octanol–water partition coefficient (Wildman–Crippen LogP) is 1.64. The zero-order chi connectivity index (χ0) is 10.9. The summed E-state index contributed by atoms with van der Waals surface area (Å²) in [6.07, 6.45) is 4.64. The van der Waals surface area contributed by atoms with E-state index in [-0.39, 0.29) is 11.6 Å². The number of nitrogens with two attached hydrogens (primary N) is 1. The predicted molar refractivity (Wildman–Crippen MR) is 60.7 cm³/mol. The van der Waals surface area contributed by atoms with Gasteiger partial charge in [0, 0.05) is 12.8 Å². The van der Waals surface area contributed by atoms with E-state index >= 15 is 0 Å². The molecule has 82 valence electrons. The van der Waals surface area contributed by atoms with Gasteiger partial charge in [0.05, 0.1) is 29.2 Å². The van der Waals surface area contributed by atoms with E-state index in [0.29, 0.717) is 5.69 Å². The number of rotatable bonds is 2. The van der Waals surface area contributed by atoms with Gasteiger partial charge >= 0.3 is 0 Å². The minimum Gasteiger partial charge on any atom is -0.397 e. The molecule has 0 saturated carbocycles. The molecule has 2 heterocycles. The van der Waals surface area contributed by atoms with Crippen LogP contribution in [0.5, 0.6) is 0 Å². The Bertz CT molecular complexity index is 355. The zero-order valence-electron chi connectivity index (χ0n) is 9.16. The molecule has 0 aliphatic carbocycles.